The molecule has 64 valence electrons. The van der Waals surface area contributed by atoms with Crippen LogP contribution in [0.1, 0.15) is 13.3 Å². The summed E-state index contributed by atoms with van der Waals surface area (Å²) in [6.45, 7) is 5.16. The van der Waals surface area contributed by atoms with E-state index in [1.165, 1.54) is 11.8 Å². The van der Waals surface area contributed by atoms with Crippen LogP contribution < -0.4 is 0 Å². The Labute approximate surface area is 70.1 Å². The molecule has 1 unspecified atom stereocenters. The molecule has 0 spiro atoms. The fraction of sp³-hybridized carbons (Fsp3) is 0.571. The third kappa shape index (κ3) is 4.86. The normalized spacial score (nSPS) is 12.5. The maximum absolute atomic E-state index is 10.2. The van der Waals surface area contributed by atoms with Crippen molar-refractivity contribution in [3.8, 4) is 0 Å². The predicted octanol–water partition coefficient (Wildman–Crippen LogP) is 1.09. The number of thioether (sulfide) groups is 1. The number of rotatable bonds is 5. The maximum atomic E-state index is 10.2. The molecule has 0 bridgehead atoms. The van der Waals surface area contributed by atoms with E-state index in [1.807, 2.05) is 6.92 Å². The average Bonchev–Trinajstić information content (AvgIpc) is 1.99. The van der Waals surface area contributed by atoms with Gasteiger partial charge in [0.15, 0.2) is 0 Å². The Bertz CT molecular complexity index is 156. The van der Waals surface area contributed by atoms with Crippen LogP contribution in [0.4, 0.5) is 0 Å². The smallest absolute Gasteiger partial charge is 0.331 e. The highest BCUT2D eigenvalue weighted by molar-refractivity contribution is 7.99. The van der Waals surface area contributed by atoms with Crippen LogP contribution in [0.2, 0.25) is 0 Å². The maximum Gasteiger partial charge on any atom is 0.331 e. The van der Waals surface area contributed by atoms with Gasteiger partial charge in [-0.1, -0.05) is 13.5 Å². The number of hydrogen-bond donors (Lipinski definition) is 2. The SMILES string of the molecule is C=C(CSC(O)CC)C(=O)O. The summed E-state index contributed by atoms with van der Waals surface area (Å²) in [5.74, 6) is -0.717. The van der Waals surface area contributed by atoms with E-state index in [2.05, 4.69) is 6.58 Å². The van der Waals surface area contributed by atoms with Gasteiger partial charge in [0, 0.05) is 11.3 Å². The summed E-state index contributed by atoms with van der Waals surface area (Å²) in [7, 11) is 0. The Morgan fingerprint density at radius 2 is 2.27 bits per heavy atom. The topological polar surface area (TPSA) is 57.5 Å². The number of carboxylic acid groups (broad SMARTS) is 1. The summed E-state index contributed by atoms with van der Waals surface area (Å²) in [4.78, 5) is 10.2. The third-order valence-corrected chi connectivity index (χ3v) is 2.33. The summed E-state index contributed by atoms with van der Waals surface area (Å²) < 4.78 is 0. The number of aliphatic carboxylic acids is 1. The number of aliphatic hydroxyl groups excluding tert-OH is 1. The number of aliphatic hydroxyl groups is 1. The van der Waals surface area contributed by atoms with E-state index in [0.717, 1.165) is 0 Å². The van der Waals surface area contributed by atoms with Crippen LogP contribution >= 0.6 is 11.8 Å². The summed E-state index contributed by atoms with van der Waals surface area (Å²) in [5, 5.41) is 17.4. The van der Waals surface area contributed by atoms with Gasteiger partial charge in [0.2, 0.25) is 0 Å². The van der Waals surface area contributed by atoms with Gasteiger partial charge in [-0.3, -0.25) is 0 Å². The van der Waals surface area contributed by atoms with Crippen molar-refractivity contribution in [1.82, 2.24) is 0 Å². The zero-order valence-electron chi connectivity index (χ0n) is 6.41. The second kappa shape index (κ2) is 5.21. The van der Waals surface area contributed by atoms with Gasteiger partial charge in [-0.25, -0.2) is 4.79 Å². The number of hydrogen-bond acceptors (Lipinski definition) is 3. The molecule has 4 heteroatoms. The molecule has 2 N–H and O–H groups in total. The van der Waals surface area contributed by atoms with Crippen molar-refractivity contribution >= 4 is 17.7 Å². The van der Waals surface area contributed by atoms with Crippen LogP contribution in [-0.4, -0.2) is 27.4 Å². The molecular formula is C7H12O3S. The van der Waals surface area contributed by atoms with E-state index >= 15 is 0 Å². The van der Waals surface area contributed by atoms with Gasteiger partial charge in [0.25, 0.3) is 0 Å². The lowest BCUT2D eigenvalue weighted by Gasteiger charge is -2.05. The molecule has 0 aromatic rings. The first-order valence-electron chi connectivity index (χ1n) is 3.28. The molecule has 0 aliphatic heterocycles. The minimum absolute atomic E-state index is 0.127. The average molecular weight is 176 g/mol. The Balaban J connectivity index is 3.54. The quantitative estimate of drug-likeness (QED) is 0.486. The summed E-state index contributed by atoms with van der Waals surface area (Å²) >= 11 is 1.19. The van der Waals surface area contributed by atoms with E-state index in [-0.39, 0.29) is 11.3 Å². The van der Waals surface area contributed by atoms with Gasteiger partial charge in [0.05, 0.1) is 5.44 Å². The van der Waals surface area contributed by atoms with Crippen molar-refractivity contribution in [3.05, 3.63) is 12.2 Å². The largest absolute Gasteiger partial charge is 0.478 e. The Morgan fingerprint density at radius 1 is 1.73 bits per heavy atom. The highest BCUT2D eigenvalue weighted by Gasteiger charge is 2.06. The molecule has 0 saturated heterocycles. The zero-order valence-corrected chi connectivity index (χ0v) is 7.23. The van der Waals surface area contributed by atoms with Crippen molar-refractivity contribution in [1.29, 1.82) is 0 Å². The molecule has 0 rings (SSSR count). The molecule has 1 atom stereocenters. The first kappa shape index (κ1) is 10.5. The molecule has 0 aliphatic rings. The fourth-order valence-electron chi connectivity index (χ4n) is 0.376. The van der Waals surface area contributed by atoms with Crippen LogP contribution in [0.5, 0.6) is 0 Å². The van der Waals surface area contributed by atoms with Crippen molar-refractivity contribution in [2.24, 2.45) is 0 Å². The number of carbonyl (C=O) groups is 1. The molecular weight excluding hydrogens is 164 g/mol. The summed E-state index contributed by atoms with van der Waals surface area (Å²) in [6.07, 6.45) is 0.623. The van der Waals surface area contributed by atoms with Crippen molar-refractivity contribution in [3.63, 3.8) is 0 Å². The standard InChI is InChI=1S/C7H12O3S/c1-3-6(8)11-4-5(2)7(9)10/h6,8H,2-4H2,1H3,(H,9,10). The van der Waals surface area contributed by atoms with Crippen LogP contribution in [-0.2, 0) is 4.79 Å². The first-order valence-corrected chi connectivity index (χ1v) is 4.33. The van der Waals surface area contributed by atoms with Crippen molar-refractivity contribution in [2.75, 3.05) is 5.75 Å². The molecule has 0 aromatic carbocycles. The van der Waals surface area contributed by atoms with Crippen LogP contribution in [0.15, 0.2) is 12.2 Å². The highest BCUT2D eigenvalue weighted by atomic mass is 32.2. The molecule has 0 aliphatic carbocycles. The van der Waals surface area contributed by atoms with Gasteiger partial charge in [-0.15, -0.1) is 11.8 Å². The Morgan fingerprint density at radius 3 is 2.64 bits per heavy atom. The minimum Gasteiger partial charge on any atom is -0.478 e. The van der Waals surface area contributed by atoms with Crippen LogP contribution in [0.25, 0.3) is 0 Å². The van der Waals surface area contributed by atoms with Gasteiger partial charge in [0.1, 0.15) is 0 Å². The third-order valence-electron chi connectivity index (χ3n) is 1.10. The second-order valence-corrected chi connectivity index (χ2v) is 3.25. The van der Waals surface area contributed by atoms with Gasteiger partial charge in [-0.05, 0) is 6.42 Å². The summed E-state index contributed by atoms with van der Waals surface area (Å²) in [6, 6.07) is 0. The van der Waals surface area contributed by atoms with Crippen LogP contribution in [0, 0.1) is 0 Å². The molecule has 0 amide bonds. The lowest BCUT2D eigenvalue weighted by atomic mass is 10.4. The molecule has 0 radical (unpaired) electrons. The minimum atomic E-state index is -0.999. The molecule has 0 saturated carbocycles. The van der Waals surface area contributed by atoms with Crippen molar-refractivity contribution in [2.45, 2.75) is 18.8 Å². The predicted molar refractivity (Wildman–Crippen MR) is 45.5 cm³/mol. The van der Waals surface area contributed by atoms with E-state index in [1.54, 1.807) is 0 Å². The molecule has 0 fully saturated rings. The fourth-order valence-corrected chi connectivity index (χ4v) is 1.13. The molecule has 3 nitrogen and oxygen atoms in total. The second-order valence-electron chi connectivity index (χ2n) is 2.08. The molecule has 0 aromatic heterocycles. The monoisotopic (exact) mass is 176 g/mol. The summed E-state index contributed by atoms with van der Waals surface area (Å²) in [5.41, 5.74) is -0.353. The van der Waals surface area contributed by atoms with E-state index < -0.39 is 11.4 Å². The molecule has 11 heavy (non-hydrogen) atoms. The van der Waals surface area contributed by atoms with Gasteiger partial charge < -0.3 is 10.2 Å². The lowest BCUT2D eigenvalue weighted by Crippen LogP contribution is -2.05. The van der Waals surface area contributed by atoms with E-state index in [9.17, 15) is 4.79 Å². The Hall–Kier alpha value is -0.480. The van der Waals surface area contributed by atoms with Crippen LogP contribution in [0.3, 0.4) is 0 Å². The zero-order chi connectivity index (χ0) is 8.85. The Kier molecular flexibility index (Phi) is 4.98. The van der Waals surface area contributed by atoms with E-state index in [4.69, 9.17) is 10.2 Å². The molecule has 0 heterocycles. The van der Waals surface area contributed by atoms with Crippen molar-refractivity contribution < 1.29 is 15.0 Å². The lowest BCUT2D eigenvalue weighted by molar-refractivity contribution is -0.132. The van der Waals surface area contributed by atoms with E-state index in [0.29, 0.717) is 6.42 Å². The highest BCUT2D eigenvalue weighted by Crippen LogP contribution is 2.14. The van der Waals surface area contributed by atoms with Gasteiger partial charge in [-0.2, -0.15) is 0 Å². The number of carboxylic acids is 1. The van der Waals surface area contributed by atoms with Gasteiger partial charge >= 0.3 is 5.97 Å². The first-order chi connectivity index (χ1) is 5.07.